The zero-order valence-corrected chi connectivity index (χ0v) is 10.7. The first-order valence-corrected chi connectivity index (χ1v) is 5.82. The van der Waals surface area contributed by atoms with E-state index < -0.39 is 5.82 Å². The first-order chi connectivity index (χ1) is 8.60. The van der Waals surface area contributed by atoms with Crippen molar-refractivity contribution in [1.82, 2.24) is 0 Å². The molecule has 0 unspecified atom stereocenters. The Kier molecular flexibility index (Phi) is 3.49. The summed E-state index contributed by atoms with van der Waals surface area (Å²) in [6, 6.07) is 11.1. The van der Waals surface area contributed by atoms with E-state index in [1.807, 2.05) is 6.07 Å². The highest BCUT2D eigenvalue weighted by Gasteiger charge is 2.08. The minimum Gasteiger partial charge on any atom is -0.455 e. The van der Waals surface area contributed by atoms with E-state index in [1.165, 1.54) is 12.1 Å². The Balaban J connectivity index is 2.28. The SMILES string of the molecule is N#Cc1ccc(Oc2cc(F)c(Br)cc2N)cc1. The van der Waals surface area contributed by atoms with Gasteiger partial charge in [-0.15, -0.1) is 0 Å². The molecular formula is C13H8BrFN2O. The van der Waals surface area contributed by atoms with Gasteiger partial charge < -0.3 is 10.5 Å². The fourth-order valence-corrected chi connectivity index (χ4v) is 1.72. The molecule has 0 amide bonds. The number of nitrogen functional groups attached to an aromatic ring is 1. The summed E-state index contributed by atoms with van der Waals surface area (Å²) >= 11 is 3.04. The number of benzene rings is 2. The van der Waals surface area contributed by atoms with Crippen molar-refractivity contribution in [3.8, 4) is 17.6 Å². The van der Waals surface area contributed by atoms with Gasteiger partial charge >= 0.3 is 0 Å². The third kappa shape index (κ3) is 2.60. The molecular weight excluding hydrogens is 299 g/mol. The molecule has 0 aliphatic heterocycles. The molecule has 0 bridgehead atoms. The molecule has 0 radical (unpaired) electrons. The summed E-state index contributed by atoms with van der Waals surface area (Å²) in [6.07, 6.45) is 0. The highest BCUT2D eigenvalue weighted by Crippen LogP contribution is 2.31. The molecule has 0 aliphatic carbocycles. The van der Waals surface area contributed by atoms with Crippen molar-refractivity contribution in [1.29, 1.82) is 5.26 Å². The van der Waals surface area contributed by atoms with Crippen LogP contribution in [-0.4, -0.2) is 0 Å². The first-order valence-electron chi connectivity index (χ1n) is 5.02. The van der Waals surface area contributed by atoms with Gasteiger partial charge in [-0.25, -0.2) is 4.39 Å². The number of nitrogens with zero attached hydrogens (tertiary/aromatic N) is 1. The van der Waals surface area contributed by atoms with Crippen molar-refractivity contribution in [2.75, 3.05) is 5.73 Å². The molecule has 90 valence electrons. The van der Waals surface area contributed by atoms with Gasteiger partial charge in [0, 0.05) is 6.07 Å². The summed E-state index contributed by atoms with van der Waals surface area (Å²) in [5.74, 6) is 0.274. The maximum atomic E-state index is 13.4. The Labute approximate surface area is 112 Å². The van der Waals surface area contributed by atoms with Crippen LogP contribution in [0.1, 0.15) is 5.56 Å². The second kappa shape index (κ2) is 5.07. The number of nitrogens with two attached hydrogens (primary N) is 1. The summed E-state index contributed by atoms with van der Waals surface area (Å²) in [7, 11) is 0. The molecule has 0 aliphatic rings. The smallest absolute Gasteiger partial charge is 0.153 e. The van der Waals surface area contributed by atoms with Gasteiger partial charge in [0.1, 0.15) is 11.6 Å². The van der Waals surface area contributed by atoms with Crippen LogP contribution in [0.3, 0.4) is 0 Å². The fourth-order valence-electron chi connectivity index (χ4n) is 1.36. The summed E-state index contributed by atoms with van der Waals surface area (Å²) in [4.78, 5) is 0. The lowest BCUT2D eigenvalue weighted by Gasteiger charge is -2.09. The third-order valence-corrected chi connectivity index (χ3v) is 2.87. The summed E-state index contributed by atoms with van der Waals surface area (Å²) < 4.78 is 19.1. The van der Waals surface area contributed by atoms with Crippen LogP contribution in [0.2, 0.25) is 0 Å². The van der Waals surface area contributed by atoms with E-state index in [9.17, 15) is 4.39 Å². The van der Waals surface area contributed by atoms with E-state index in [-0.39, 0.29) is 10.2 Å². The van der Waals surface area contributed by atoms with Crippen LogP contribution >= 0.6 is 15.9 Å². The molecule has 3 nitrogen and oxygen atoms in total. The quantitative estimate of drug-likeness (QED) is 0.858. The number of hydrogen-bond donors (Lipinski definition) is 1. The van der Waals surface area contributed by atoms with Crippen LogP contribution in [0.25, 0.3) is 0 Å². The van der Waals surface area contributed by atoms with Gasteiger partial charge in [-0.05, 0) is 46.3 Å². The average Bonchev–Trinajstić information content (AvgIpc) is 2.37. The Morgan fingerprint density at radius 1 is 1.22 bits per heavy atom. The number of halogens is 2. The monoisotopic (exact) mass is 306 g/mol. The maximum Gasteiger partial charge on any atom is 0.153 e. The number of ether oxygens (including phenoxy) is 1. The van der Waals surface area contributed by atoms with Gasteiger partial charge in [0.05, 0.1) is 21.8 Å². The molecule has 2 aromatic carbocycles. The Morgan fingerprint density at radius 2 is 1.89 bits per heavy atom. The summed E-state index contributed by atoms with van der Waals surface area (Å²) in [6.45, 7) is 0. The molecule has 18 heavy (non-hydrogen) atoms. The number of nitriles is 1. The fraction of sp³-hybridized carbons (Fsp3) is 0. The topological polar surface area (TPSA) is 59.0 Å². The van der Waals surface area contributed by atoms with Crippen LogP contribution in [0.5, 0.6) is 11.5 Å². The molecule has 5 heteroatoms. The second-order valence-electron chi connectivity index (χ2n) is 3.54. The third-order valence-electron chi connectivity index (χ3n) is 2.26. The van der Waals surface area contributed by atoms with Crippen LogP contribution in [-0.2, 0) is 0 Å². The van der Waals surface area contributed by atoms with E-state index in [0.717, 1.165) is 0 Å². The molecule has 2 N–H and O–H groups in total. The van der Waals surface area contributed by atoms with Crippen LogP contribution < -0.4 is 10.5 Å². The van der Waals surface area contributed by atoms with Gasteiger partial charge in [-0.3, -0.25) is 0 Å². The largest absolute Gasteiger partial charge is 0.455 e. The highest BCUT2D eigenvalue weighted by atomic mass is 79.9. The lowest BCUT2D eigenvalue weighted by molar-refractivity contribution is 0.478. The van der Waals surface area contributed by atoms with Crippen LogP contribution in [0, 0.1) is 17.1 Å². The first kappa shape index (κ1) is 12.4. The number of rotatable bonds is 2. The molecule has 2 aromatic rings. The Morgan fingerprint density at radius 3 is 2.50 bits per heavy atom. The van der Waals surface area contributed by atoms with E-state index in [1.54, 1.807) is 24.3 Å². The highest BCUT2D eigenvalue weighted by molar-refractivity contribution is 9.10. The van der Waals surface area contributed by atoms with Crippen LogP contribution in [0.15, 0.2) is 40.9 Å². The molecule has 0 spiro atoms. The molecule has 0 saturated heterocycles. The van der Waals surface area contributed by atoms with E-state index in [0.29, 0.717) is 17.0 Å². The zero-order valence-electron chi connectivity index (χ0n) is 9.15. The summed E-state index contributed by atoms with van der Waals surface area (Å²) in [5.41, 5.74) is 6.57. The molecule has 0 saturated carbocycles. The van der Waals surface area contributed by atoms with Gasteiger partial charge in [-0.2, -0.15) is 5.26 Å². The predicted octanol–water partition coefficient (Wildman–Crippen LogP) is 3.83. The lowest BCUT2D eigenvalue weighted by Crippen LogP contribution is -1.94. The molecule has 0 fully saturated rings. The van der Waals surface area contributed by atoms with E-state index in [2.05, 4.69) is 15.9 Å². The van der Waals surface area contributed by atoms with Crippen molar-refractivity contribution in [3.05, 3.63) is 52.3 Å². The maximum absolute atomic E-state index is 13.4. The number of hydrogen-bond acceptors (Lipinski definition) is 3. The van der Waals surface area contributed by atoms with Crippen molar-refractivity contribution in [2.24, 2.45) is 0 Å². The Bertz CT molecular complexity index is 620. The predicted molar refractivity (Wildman–Crippen MR) is 69.7 cm³/mol. The zero-order chi connectivity index (χ0) is 13.1. The van der Waals surface area contributed by atoms with Crippen molar-refractivity contribution < 1.29 is 9.13 Å². The van der Waals surface area contributed by atoms with Gasteiger partial charge in [0.25, 0.3) is 0 Å². The van der Waals surface area contributed by atoms with Crippen molar-refractivity contribution in [2.45, 2.75) is 0 Å². The van der Waals surface area contributed by atoms with E-state index in [4.69, 9.17) is 15.7 Å². The van der Waals surface area contributed by atoms with Crippen molar-refractivity contribution in [3.63, 3.8) is 0 Å². The van der Waals surface area contributed by atoms with Gasteiger partial charge in [0.15, 0.2) is 5.75 Å². The molecule has 0 heterocycles. The van der Waals surface area contributed by atoms with Crippen LogP contribution in [0.4, 0.5) is 10.1 Å². The lowest BCUT2D eigenvalue weighted by atomic mass is 10.2. The Hall–Kier alpha value is -2.06. The van der Waals surface area contributed by atoms with E-state index >= 15 is 0 Å². The molecule has 0 atom stereocenters. The second-order valence-corrected chi connectivity index (χ2v) is 4.40. The number of anilines is 1. The minimum absolute atomic E-state index is 0.236. The summed E-state index contributed by atoms with van der Waals surface area (Å²) in [5, 5.41) is 8.66. The molecule has 0 aromatic heterocycles. The minimum atomic E-state index is -0.451. The van der Waals surface area contributed by atoms with Gasteiger partial charge in [-0.1, -0.05) is 0 Å². The van der Waals surface area contributed by atoms with Gasteiger partial charge in [0.2, 0.25) is 0 Å². The standard InChI is InChI=1S/C13H8BrFN2O/c14-10-5-12(17)13(6-11(10)15)18-9-3-1-8(7-16)2-4-9/h1-6H,17H2. The average molecular weight is 307 g/mol. The normalized spacial score (nSPS) is 9.83. The van der Waals surface area contributed by atoms with Crippen molar-refractivity contribution >= 4 is 21.6 Å². The molecule has 2 rings (SSSR count).